The van der Waals surface area contributed by atoms with Gasteiger partial charge in [-0.1, -0.05) is 12.1 Å². The van der Waals surface area contributed by atoms with Crippen molar-refractivity contribution in [1.29, 1.82) is 0 Å². The molecule has 146 valence electrons. The van der Waals surface area contributed by atoms with Gasteiger partial charge in [-0.15, -0.1) is 0 Å². The zero-order chi connectivity index (χ0) is 20.5. The fourth-order valence-corrected chi connectivity index (χ4v) is 1.91. The molecule has 0 bridgehead atoms. The van der Waals surface area contributed by atoms with E-state index in [2.05, 4.69) is 4.74 Å². The van der Waals surface area contributed by atoms with Crippen molar-refractivity contribution in [2.75, 3.05) is 5.32 Å². The second kappa shape index (κ2) is 7.05. The second-order valence-corrected chi connectivity index (χ2v) is 5.18. The number of halogens is 8. The Morgan fingerprint density at radius 1 is 0.778 bits per heavy atom. The minimum atomic E-state index is -4.82. The van der Waals surface area contributed by atoms with E-state index in [1.54, 1.807) is 0 Å². The normalized spacial score (nSPS) is 12.6. The summed E-state index contributed by atoms with van der Waals surface area (Å²) in [5.41, 5.74) is -3.07. The van der Waals surface area contributed by atoms with E-state index in [1.165, 1.54) is 5.32 Å². The summed E-state index contributed by atoms with van der Waals surface area (Å²) in [6.07, 6.45) is -14.2. The average molecular weight is 399 g/mol. The van der Waals surface area contributed by atoms with E-state index in [4.69, 9.17) is 0 Å². The molecule has 3 nitrogen and oxygen atoms in total. The fourth-order valence-electron chi connectivity index (χ4n) is 1.91. The summed E-state index contributed by atoms with van der Waals surface area (Å²) in [6, 6.07) is 5.29. The van der Waals surface area contributed by atoms with Crippen molar-refractivity contribution in [1.82, 2.24) is 0 Å². The van der Waals surface area contributed by atoms with Crippen molar-refractivity contribution in [3.05, 3.63) is 59.7 Å². The van der Waals surface area contributed by atoms with Crippen LogP contribution in [0.25, 0.3) is 0 Å². The Bertz CT molecular complexity index is 830. The third kappa shape index (κ3) is 5.31. The molecule has 0 saturated heterocycles. The van der Waals surface area contributed by atoms with Crippen LogP contribution >= 0.6 is 0 Å². The first-order valence-electron chi connectivity index (χ1n) is 7.02. The van der Waals surface area contributed by atoms with Crippen LogP contribution in [0.15, 0.2) is 48.5 Å². The lowest BCUT2D eigenvalue weighted by Gasteiger charge is -2.18. The predicted octanol–water partition coefficient (Wildman–Crippen LogP) is 5.33. The van der Waals surface area contributed by atoms with E-state index in [9.17, 15) is 39.9 Å². The summed E-state index contributed by atoms with van der Waals surface area (Å²) < 4.78 is 107. The van der Waals surface area contributed by atoms with Gasteiger partial charge in [-0.2, -0.15) is 35.1 Å². The Kier molecular flexibility index (Phi) is 5.34. The molecule has 0 fully saturated rings. The molecule has 27 heavy (non-hydrogen) atoms. The van der Waals surface area contributed by atoms with E-state index in [0.717, 1.165) is 24.3 Å². The van der Waals surface area contributed by atoms with Gasteiger partial charge in [0.1, 0.15) is 5.75 Å². The van der Waals surface area contributed by atoms with Crippen LogP contribution in [0.3, 0.4) is 0 Å². The van der Waals surface area contributed by atoms with Gasteiger partial charge in [0.15, 0.2) is 0 Å². The molecule has 0 heterocycles. The number of alkyl halides is 8. The maximum absolute atomic E-state index is 13.8. The molecule has 2 rings (SSSR count). The molecule has 0 spiro atoms. The summed E-state index contributed by atoms with van der Waals surface area (Å²) in [4.78, 5) is 11.6. The molecule has 0 aromatic heterocycles. The van der Waals surface area contributed by atoms with Crippen LogP contribution in [-0.4, -0.2) is 12.0 Å². The molecule has 1 amide bonds. The highest BCUT2D eigenvalue weighted by atomic mass is 19.4. The van der Waals surface area contributed by atoms with E-state index in [1.807, 2.05) is 0 Å². The smallest absolute Gasteiger partial charge is 0.425 e. The van der Waals surface area contributed by atoms with Crippen molar-refractivity contribution in [2.24, 2.45) is 0 Å². The lowest BCUT2D eigenvalue weighted by Crippen LogP contribution is -2.40. The molecular weight excluding hydrogens is 390 g/mol. The molecule has 2 aromatic rings. The van der Waals surface area contributed by atoms with Crippen LogP contribution in [-0.2, 0) is 17.1 Å². The van der Waals surface area contributed by atoms with Crippen molar-refractivity contribution in [3.63, 3.8) is 0 Å². The van der Waals surface area contributed by atoms with Gasteiger partial charge in [0, 0.05) is 5.69 Å². The molecule has 1 N–H and O–H groups in total. The van der Waals surface area contributed by atoms with Gasteiger partial charge in [-0.25, -0.2) is 0 Å². The molecule has 0 aliphatic carbocycles. The number of hydrogen-bond acceptors (Lipinski definition) is 2. The summed E-state index contributed by atoms with van der Waals surface area (Å²) in [5.74, 6) is -3.10. The molecule has 11 heteroatoms. The minimum absolute atomic E-state index is 0.255. The van der Waals surface area contributed by atoms with Crippen LogP contribution < -0.4 is 10.1 Å². The van der Waals surface area contributed by atoms with Gasteiger partial charge in [-0.3, -0.25) is 4.79 Å². The highest BCUT2D eigenvalue weighted by Gasteiger charge is 2.43. The van der Waals surface area contributed by atoms with E-state index in [0.29, 0.717) is 18.2 Å². The van der Waals surface area contributed by atoms with Crippen LogP contribution in [0.5, 0.6) is 5.75 Å². The third-order valence-electron chi connectivity index (χ3n) is 3.12. The second-order valence-electron chi connectivity index (χ2n) is 5.18. The monoisotopic (exact) mass is 399 g/mol. The van der Waals surface area contributed by atoms with Gasteiger partial charge < -0.3 is 10.1 Å². The van der Waals surface area contributed by atoms with Gasteiger partial charge >= 0.3 is 24.4 Å². The summed E-state index contributed by atoms with van der Waals surface area (Å²) >= 11 is 0. The van der Waals surface area contributed by atoms with Crippen LogP contribution in [0, 0.1) is 0 Å². The summed E-state index contributed by atoms with van der Waals surface area (Å²) in [5, 5.41) is 1.52. The highest BCUT2D eigenvalue weighted by molar-refractivity contribution is 5.95. The van der Waals surface area contributed by atoms with Crippen molar-refractivity contribution in [2.45, 2.75) is 18.5 Å². The van der Waals surface area contributed by atoms with Crippen LogP contribution in [0.2, 0.25) is 0 Å². The molecule has 0 radical (unpaired) electrons. The number of amides is 1. The third-order valence-corrected chi connectivity index (χ3v) is 3.12. The Morgan fingerprint density at radius 2 is 1.30 bits per heavy atom. The van der Waals surface area contributed by atoms with E-state index in [-0.39, 0.29) is 6.07 Å². The van der Waals surface area contributed by atoms with Crippen molar-refractivity contribution in [3.8, 4) is 5.75 Å². The number of nitrogens with one attached hydrogen (secondary N) is 1. The lowest BCUT2D eigenvalue weighted by atomic mass is 10.2. The number of hydrogen-bond donors (Lipinski definition) is 1. The van der Waals surface area contributed by atoms with Gasteiger partial charge in [0.2, 0.25) is 0 Å². The topological polar surface area (TPSA) is 38.3 Å². The Labute approximate surface area is 146 Å². The summed E-state index contributed by atoms with van der Waals surface area (Å²) in [7, 11) is 0. The molecule has 0 atom stereocenters. The Balaban J connectivity index is 2.16. The largest absolute Gasteiger partial charge is 0.482 e. The van der Waals surface area contributed by atoms with Gasteiger partial charge in [0.25, 0.3) is 0 Å². The first-order valence-corrected chi connectivity index (χ1v) is 7.02. The molecule has 0 aliphatic heterocycles. The highest BCUT2D eigenvalue weighted by Crippen LogP contribution is 2.33. The first-order chi connectivity index (χ1) is 12.3. The fraction of sp³-hybridized carbons (Fsp3) is 0.188. The molecular formula is C16H9F8NO2. The number of benzene rings is 2. The molecule has 0 unspecified atom stereocenters. The maximum atomic E-state index is 13.8. The van der Waals surface area contributed by atoms with Gasteiger partial charge in [-0.05, 0) is 36.4 Å². The maximum Gasteiger partial charge on any atom is 0.482 e. The zero-order valence-corrected chi connectivity index (χ0v) is 13.0. The first kappa shape index (κ1) is 20.5. The van der Waals surface area contributed by atoms with Crippen molar-refractivity contribution >= 4 is 11.6 Å². The number of ether oxygens (including phenoxy) is 1. The van der Waals surface area contributed by atoms with Crippen molar-refractivity contribution < 1.29 is 44.7 Å². The van der Waals surface area contributed by atoms with E-state index >= 15 is 0 Å². The SMILES string of the molecule is O=C(Nc1cccc(C(F)(F)F)c1)C(F)(F)Oc1cccc(C(F)(F)F)c1. The molecule has 0 saturated carbocycles. The van der Waals surface area contributed by atoms with Crippen LogP contribution in [0.1, 0.15) is 11.1 Å². The Hall–Kier alpha value is -2.85. The average Bonchev–Trinajstić information content (AvgIpc) is 2.53. The predicted molar refractivity (Wildman–Crippen MR) is 77.1 cm³/mol. The van der Waals surface area contributed by atoms with Crippen LogP contribution in [0.4, 0.5) is 40.8 Å². The zero-order valence-electron chi connectivity index (χ0n) is 13.0. The Morgan fingerprint density at radius 3 is 1.85 bits per heavy atom. The molecule has 0 aliphatic rings. The van der Waals surface area contributed by atoms with Gasteiger partial charge in [0.05, 0.1) is 11.1 Å². The number of rotatable bonds is 4. The van der Waals surface area contributed by atoms with E-state index < -0.39 is 46.9 Å². The summed E-state index contributed by atoms with van der Waals surface area (Å²) in [6.45, 7) is 0. The minimum Gasteiger partial charge on any atom is -0.425 e. The lowest BCUT2D eigenvalue weighted by molar-refractivity contribution is -0.187. The number of carbonyl (C=O) groups is 1. The quantitative estimate of drug-likeness (QED) is 0.706. The number of carbonyl (C=O) groups excluding carboxylic acids is 1. The standard InChI is InChI=1S/C16H9F8NO2/c17-14(18,19)9-3-1-5-11(7-9)25-13(26)16(23,24)27-12-6-2-4-10(8-12)15(20,21)22/h1-8H,(H,25,26). The number of anilines is 1. The molecule has 2 aromatic carbocycles.